The lowest BCUT2D eigenvalue weighted by Crippen LogP contribution is -2.37. The minimum absolute atomic E-state index is 0.0914. The quantitative estimate of drug-likeness (QED) is 0.594. The number of nitro groups is 1. The number of β-amino-alcohol motifs (C(OH)–C–C–N with tert-alkyl or cyclic N) is 1. The van der Waals surface area contributed by atoms with Crippen molar-refractivity contribution in [3.05, 3.63) is 28.3 Å². The highest BCUT2D eigenvalue weighted by atomic mass is 32.2. The van der Waals surface area contributed by atoms with E-state index in [9.17, 15) is 23.6 Å². The van der Waals surface area contributed by atoms with Gasteiger partial charge in [0, 0.05) is 25.2 Å². The SMILES string of the molecule is CC1CCC(NS(=O)(=O)c2ccc(N3CC[C@H](O)C3)c([N+](=O)[O-])c2)CC1. The molecule has 2 aliphatic rings. The zero-order chi connectivity index (χ0) is 18.9. The maximum absolute atomic E-state index is 12.7. The third-order valence-corrected chi connectivity index (χ3v) is 6.81. The summed E-state index contributed by atoms with van der Waals surface area (Å²) in [7, 11) is -3.81. The van der Waals surface area contributed by atoms with Gasteiger partial charge in [0.05, 0.1) is 15.9 Å². The Hall–Kier alpha value is -1.71. The fourth-order valence-electron chi connectivity index (χ4n) is 3.71. The summed E-state index contributed by atoms with van der Waals surface area (Å²) in [6, 6.07) is 3.87. The summed E-state index contributed by atoms with van der Waals surface area (Å²) in [5.74, 6) is 0.604. The van der Waals surface area contributed by atoms with Crippen LogP contribution in [0.5, 0.6) is 0 Å². The average molecular weight is 383 g/mol. The summed E-state index contributed by atoms with van der Waals surface area (Å²) < 4.78 is 28.0. The molecule has 1 saturated heterocycles. The van der Waals surface area contributed by atoms with Gasteiger partial charge < -0.3 is 10.0 Å². The second kappa shape index (κ2) is 7.50. The zero-order valence-electron chi connectivity index (χ0n) is 14.8. The van der Waals surface area contributed by atoms with E-state index in [1.807, 2.05) is 0 Å². The van der Waals surface area contributed by atoms with Crippen molar-refractivity contribution in [2.24, 2.45) is 5.92 Å². The van der Waals surface area contributed by atoms with Crippen molar-refractivity contribution in [1.29, 1.82) is 0 Å². The van der Waals surface area contributed by atoms with E-state index in [1.165, 1.54) is 12.1 Å². The predicted molar refractivity (Wildman–Crippen MR) is 97.7 cm³/mol. The number of sulfonamides is 1. The van der Waals surface area contributed by atoms with Gasteiger partial charge in [0.1, 0.15) is 5.69 Å². The molecule has 1 saturated carbocycles. The Bertz CT molecular complexity index is 775. The molecule has 9 heteroatoms. The number of aliphatic hydroxyl groups is 1. The minimum atomic E-state index is -3.81. The number of hydrogen-bond acceptors (Lipinski definition) is 6. The number of anilines is 1. The Morgan fingerprint density at radius 3 is 2.50 bits per heavy atom. The van der Waals surface area contributed by atoms with Crippen LogP contribution in [0.1, 0.15) is 39.0 Å². The molecule has 0 unspecified atom stereocenters. The van der Waals surface area contributed by atoms with Crippen LogP contribution in [0.2, 0.25) is 0 Å². The lowest BCUT2D eigenvalue weighted by molar-refractivity contribution is -0.384. The molecule has 26 heavy (non-hydrogen) atoms. The average Bonchev–Trinajstić information content (AvgIpc) is 3.02. The van der Waals surface area contributed by atoms with E-state index in [0.717, 1.165) is 31.7 Å². The van der Waals surface area contributed by atoms with Crippen LogP contribution < -0.4 is 9.62 Å². The number of hydrogen-bond donors (Lipinski definition) is 2. The van der Waals surface area contributed by atoms with E-state index in [2.05, 4.69) is 11.6 Å². The molecule has 1 heterocycles. The maximum Gasteiger partial charge on any atom is 0.293 e. The van der Waals surface area contributed by atoms with Crippen LogP contribution >= 0.6 is 0 Å². The van der Waals surface area contributed by atoms with Crippen LogP contribution in [-0.4, -0.2) is 43.7 Å². The molecule has 3 rings (SSSR count). The highest BCUT2D eigenvalue weighted by molar-refractivity contribution is 7.89. The molecule has 8 nitrogen and oxygen atoms in total. The largest absolute Gasteiger partial charge is 0.391 e. The monoisotopic (exact) mass is 383 g/mol. The normalized spacial score (nSPS) is 26.8. The van der Waals surface area contributed by atoms with E-state index in [4.69, 9.17) is 0 Å². The van der Waals surface area contributed by atoms with Gasteiger partial charge in [-0.3, -0.25) is 10.1 Å². The van der Waals surface area contributed by atoms with Crippen molar-refractivity contribution < 1.29 is 18.4 Å². The van der Waals surface area contributed by atoms with Gasteiger partial charge in [0.15, 0.2) is 0 Å². The van der Waals surface area contributed by atoms with Crippen LogP contribution in [0.15, 0.2) is 23.1 Å². The van der Waals surface area contributed by atoms with Crippen LogP contribution in [0.4, 0.5) is 11.4 Å². The smallest absolute Gasteiger partial charge is 0.293 e. The fraction of sp³-hybridized carbons (Fsp3) is 0.647. The van der Waals surface area contributed by atoms with Crippen molar-refractivity contribution in [2.45, 2.75) is 56.1 Å². The first-order valence-corrected chi connectivity index (χ1v) is 10.5. The highest BCUT2D eigenvalue weighted by Crippen LogP contribution is 2.33. The molecule has 1 aliphatic carbocycles. The van der Waals surface area contributed by atoms with Gasteiger partial charge in [-0.25, -0.2) is 13.1 Å². The topological polar surface area (TPSA) is 113 Å². The lowest BCUT2D eigenvalue weighted by atomic mass is 9.88. The Labute approximate surface area is 153 Å². The number of nitro benzene ring substituents is 1. The Kier molecular flexibility index (Phi) is 5.50. The van der Waals surface area contributed by atoms with E-state index in [-0.39, 0.29) is 16.6 Å². The summed E-state index contributed by atoms with van der Waals surface area (Å²) in [6.45, 7) is 2.97. The maximum atomic E-state index is 12.7. The predicted octanol–water partition coefficient (Wildman–Crippen LogP) is 2.02. The van der Waals surface area contributed by atoms with E-state index < -0.39 is 21.1 Å². The number of nitrogens with zero attached hydrogens (tertiary/aromatic N) is 2. The molecule has 1 aromatic carbocycles. The Balaban J connectivity index is 1.83. The number of rotatable bonds is 5. The first kappa shape index (κ1) is 19.1. The summed E-state index contributed by atoms with van der Waals surface area (Å²) in [5, 5.41) is 21.1. The van der Waals surface area contributed by atoms with Crippen molar-refractivity contribution in [3.63, 3.8) is 0 Å². The fourth-order valence-corrected chi connectivity index (χ4v) is 5.03. The Morgan fingerprint density at radius 2 is 1.92 bits per heavy atom. The van der Waals surface area contributed by atoms with Gasteiger partial charge in [0.25, 0.3) is 5.69 Å². The van der Waals surface area contributed by atoms with Gasteiger partial charge in [-0.1, -0.05) is 6.92 Å². The molecule has 0 bridgehead atoms. The van der Waals surface area contributed by atoms with Gasteiger partial charge in [-0.05, 0) is 50.2 Å². The van der Waals surface area contributed by atoms with Crippen LogP contribution in [0.25, 0.3) is 0 Å². The molecular weight excluding hydrogens is 358 g/mol. The van der Waals surface area contributed by atoms with Crippen molar-refractivity contribution in [1.82, 2.24) is 4.72 Å². The van der Waals surface area contributed by atoms with Crippen LogP contribution in [-0.2, 0) is 10.0 Å². The van der Waals surface area contributed by atoms with Gasteiger partial charge in [-0.2, -0.15) is 0 Å². The molecular formula is C17H25N3O5S. The molecule has 144 valence electrons. The first-order valence-electron chi connectivity index (χ1n) is 9.00. The molecule has 1 aromatic rings. The number of aliphatic hydroxyl groups excluding tert-OH is 1. The molecule has 0 radical (unpaired) electrons. The van der Waals surface area contributed by atoms with E-state index in [0.29, 0.717) is 31.1 Å². The summed E-state index contributed by atoms with van der Waals surface area (Å²) in [4.78, 5) is 12.5. The van der Waals surface area contributed by atoms with Gasteiger partial charge >= 0.3 is 0 Å². The molecule has 2 fully saturated rings. The molecule has 2 N–H and O–H groups in total. The molecule has 1 atom stereocenters. The second-order valence-electron chi connectivity index (χ2n) is 7.37. The van der Waals surface area contributed by atoms with Crippen molar-refractivity contribution in [3.8, 4) is 0 Å². The summed E-state index contributed by atoms with van der Waals surface area (Å²) in [6.07, 6.45) is 3.54. The minimum Gasteiger partial charge on any atom is -0.391 e. The van der Waals surface area contributed by atoms with E-state index in [1.54, 1.807) is 4.90 Å². The van der Waals surface area contributed by atoms with Crippen LogP contribution in [0, 0.1) is 16.0 Å². The van der Waals surface area contributed by atoms with Crippen molar-refractivity contribution in [2.75, 3.05) is 18.0 Å². The third-order valence-electron chi connectivity index (χ3n) is 5.30. The molecule has 0 spiro atoms. The highest BCUT2D eigenvalue weighted by Gasteiger charge is 2.30. The van der Waals surface area contributed by atoms with Crippen LogP contribution in [0.3, 0.4) is 0 Å². The van der Waals surface area contributed by atoms with E-state index >= 15 is 0 Å². The lowest BCUT2D eigenvalue weighted by Gasteiger charge is -2.26. The molecule has 1 aliphatic heterocycles. The molecule has 0 aromatic heterocycles. The first-order chi connectivity index (χ1) is 12.3. The van der Waals surface area contributed by atoms with Crippen molar-refractivity contribution >= 4 is 21.4 Å². The Morgan fingerprint density at radius 1 is 1.23 bits per heavy atom. The third kappa shape index (κ3) is 4.16. The van der Waals surface area contributed by atoms with Gasteiger partial charge in [-0.15, -0.1) is 0 Å². The number of nitrogens with one attached hydrogen (secondary N) is 1. The number of benzene rings is 1. The standard InChI is InChI=1S/C17H25N3O5S/c1-12-2-4-13(5-3-12)18-26(24,25)15-6-7-16(17(10-15)20(22)23)19-9-8-14(21)11-19/h6-7,10,12-14,18,21H,2-5,8-9,11H2,1H3/t12?,13?,14-/m0/s1. The van der Waals surface area contributed by atoms with Gasteiger partial charge in [0.2, 0.25) is 10.0 Å². The molecule has 0 amide bonds. The second-order valence-corrected chi connectivity index (χ2v) is 9.09. The zero-order valence-corrected chi connectivity index (χ0v) is 15.6. The summed E-state index contributed by atoms with van der Waals surface area (Å²) in [5.41, 5.74) is 0.0937. The summed E-state index contributed by atoms with van der Waals surface area (Å²) >= 11 is 0.